The lowest BCUT2D eigenvalue weighted by Crippen LogP contribution is -2.23. The quantitative estimate of drug-likeness (QED) is 0.264. The summed E-state index contributed by atoms with van der Waals surface area (Å²) < 4.78 is 12.4. The van der Waals surface area contributed by atoms with Crippen LogP contribution in [0, 0.1) is 6.92 Å². The standard InChI is InChI=1S/C29H30N4O5/c1-5-27(35)31-24-9-6-8-18(2)28(24)32-26-16-25-20(17-30-26)14-23(29(36)33(25)10-7-11-34)19-12-21(37-3)15-22(13-19)38-4/h5-6,8-9,12-17,34H,1,7,10-11H2,2-4H3,(H,30,32)(H,31,35). The van der Waals surface area contributed by atoms with Gasteiger partial charge in [0.1, 0.15) is 17.3 Å². The first-order valence-corrected chi connectivity index (χ1v) is 12.1. The Bertz CT molecular complexity index is 1540. The number of carbonyl (C=O) groups is 1. The predicted molar refractivity (Wildman–Crippen MR) is 150 cm³/mol. The third-order valence-electron chi connectivity index (χ3n) is 6.15. The molecule has 38 heavy (non-hydrogen) atoms. The molecule has 196 valence electrons. The lowest BCUT2D eigenvalue weighted by atomic mass is 10.0. The molecular weight excluding hydrogens is 484 g/mol. The number of para-hydroxylation sites is 1. The molecule has 2 aromatic carbocycles. The van der Waals surface area contributed by atoms with Crippen molar-refractivity contribution in [3.8, 4) is 22.6 Å². The molecule has 3 N–H and O–H groups in total. The number of carbonyl (C=O) groups excluding carboxylic acids is 1. The lowest BCUT2D eigenvalue weighted by Gasteiger charge is -2.17. The molecule has 9 nitrogen and oxygen atoms in total. The van der Waals surface area contributed by atoms with Gasteiger partial charge in [-0.1, -0.05) is 18.7 Å². The highest BCUT2D eigenvalue weighted by molar-refractivity contribution is 6.02. The number of hydrogen-bond acceptors (Lipinski definition) is 7. The molecule has 0 atom stereocenters. The molecule has 0 aliphatic heterocycles. The molecule has 2 aromatic heterocycles. The van der Waals surface area contributed by atoms with E-state index < -0.39 is 0 Å². The smallest absolute Gasteiger partial charge is 0.258 e. The minimum absolute atomic E-state index is 0.0586. The predicted octanol–water partition coefficient (Wildman–Crippen LogP) is 4.64. The molecule has 0 saturated carbocycles. The number of aryl methyl sites for hydroxylation is 2. The molecule has 0 bridgehead atoms. The number of aliphatic hydroxyl groups is 1. The van der Waals surface area contributed by atoms with E-state index in [9.17, 15) is 14.7 Å². The maximum absolute atomic E-state index is 13.7. The van der Waals surface area contributed by atoms with E-state index in [-0.39, 0.29) is 18.1 Å². The highest BCUT2D eigenvalue weighted by Gasteiger charge is 2.15. The molecule has 0 radical (unpaired) electrons. The second kappa shape index (κ2) is 11.6. The summed E-state index contributed by atoms with van der Waals surface area (Å²) in [7, 11) is 3.11. The van der Waals surface area contributed by atoms with E-state index in [2.05, 4.69) is 22.2 Å². The van der Waals surface area contributed by atoms with E-state index in [0.29, 0.717) is 58.3 Å². The Labute approximate surface area is 220 Å². The average molecular weight is 515 g/mol. The van der Waals surface area contributed by atoms with E-state index in [0.717, 1.165) is 10.9 Å². The number of fused-ring (bicyclic) bond motifs is 1. The van der Waals surface area contributed by atoms with Crippen molar-refractivity contribution in [2.75, 3.05) is 31.5 Å². The molecule has 0 saturated heterocycles. The van der Waals surface area contributed by atoms with Gasteiger partial charge in [0.2, 0.25) is 5.91 Å². The summed E-state index contributed by atoms with van der Waals surface area (Å²) in [5, 5.41) is 16.3. The number of rotatable bonds is 10. The van der Waals surface area contributed by atoms with Crippen molar-refractivity contribution in [1.29, 1.82) is 0 Å². The van der Waals surface area contributed by atoms with Crippen molar-refractivity contribution in [2.24, 2.45) is 0 Å². The van der Waals surface area contributed by atoms with Crippen molar-refractivity contribution >= 4 is 34.0 Å². The van der Waals surface area contributed by atoms with Crippen LogP contribution in [0.4, 0.5) is 17.2 Å². The Hall–Kier alpha value is -4.63. The van der Waals surface area contributed by atoms with Crippen LogP contribution in [0.3, 0.4) is 0 Å². The van der Waals surface area contributed by atoms with Crippen LogP contribution >= 0.6 is 0 Å². The first-order chi connectivity index (χ1) is 18.4. The Morgan fingerprint density at radius 3 is 2.53 bits per heavy atom. The van der Waals surface area contributed by atoms with Crippen molar-refractivity contribution in [3.05, 3.63) is 83.3 Å². The highest BCUT2D eigenvalue weighted by atomic mass is 16.5. The number of benzene rings is 2. The van der Waals surface area contributed by atoms with Crippen LogP contribution in [0.2, 0.25) is 0 Å². The summed E-state index contributed by atoms with van der Waals surface area (Å²) >= 11 is 0. The molecule has 1 amide bonds. The summed E-state index contributed by atoms with van der Waals surface area (Å²) in [5.41, 5.74) is 3.71. The van der Waals surface area contributed by atoms with E-state index in [1.165, 1.54) is 6.08 Å². The average Bonchev–Trinajstić information content (AvgIpc) is 2.93. The van der Waals surface area contributed by atoms with Gasteiger partial charge in [0, 0.05) is 42.4 Å². The number of nitrogens with one attached hydrogen (secondary N) is 2. The molecule has 4 rings (SSSR count). The van der Waals surface area contributed by atoms with Crippen molar-refractivity contribution < 1.29 is 19.4 Å². The Kier molecular flexibility index (Phi) is 8.08. The van der Waals surface area contributed by atoms with Gasteiger partial charge >= 0.3 is 0 Å². The number of amides is 1. The highest BCUT2D eigenvalue weighted by Crippen LogP contribution is 2.32. The van der Waals surface area contributed by atoms with Crippen LogP contribution in [0.25, 0.3) is 22.0 Å². The monoisotopic (exact) mass is 514 g/mol. The third kappa shape index (κ3) is 5.52. The number of anilines is 3. The van der Waals surface area contributed by atoms with Crippen LogP contribution in [-0.2, 0) is 11.3 Å². The van der Waals surface area contributed by atoms with E-state index >= 15 is 0 Å². The number of aromatic nitrogens is 2. The van der Waals surface area contributed by atoms with Gasteiger partial charge in [-0.15, -0.1) is 0 Å². The number of ether oxygens (including phenoxy) is 2. The van der Waals surface area contributed by atoms with Gasteiger partial charge in [-0.25, -0.2) is 4.98 Å². The SMILES string of the molecule is C=CC(=O)Nc1cccc(C)c1Nc1cc2c(cn1)cc(-c1cc(OC)cc(OC)c1)c(=O)n2CCCO. The minimum atomic E-state index is -0.329. The van der Waals surface area contributed by atoms with Gasteiger partial charge in [0.05, 0.1) is 31.1 Å². The third-order valence-corrected chi connectivity index (χ3v) is 6.15. The van der Waals surface area contributed by atoms with E-state index in [4.69, 9.17) is 9.47 Å². The van der Waals surface area contributed by atoms with E-state index in [1.54, 1.807) is 61.4 Å². The van der Waals surface area contributed by atoms with Crippen molar-refractivity contribution in [2.45, 2.75) is 19.9 Å². The summed E-state index contributed by atoms with van der Waals surface area (Å²) in [6, 6.07) is 14.4. The lowest BCUT2D eigenvalue weighted by molar-refractivity contribution is -0.111. The van der Waals surface area contributed by atoms with Crippen LogP contribution in [0.5, 0.6) is 11.5 Å². The normalized spacial score (nSPS) is 10.7. The molecule has 0 unspecified atom stereocenters. The zero-order chi connectivity index (χ0) is 27.2. The molecule has 0 aliphatic carbocycles. The summed E-state index contributed by atoms with van der Waals surface area (Å²) in [5.74, 6) is 1.30. The van der Waals surface area contributed by atoms with Crippen molar-refractivity contribution in [1.82, 2.24) is 9.55 Å². The van der Waals surface area contributed by atoms with Gasteiger partial charge < -0.3 is 29.8 Å². The molecule has 9 heteroatoms. The summed E-state index contributed by atoms with van der Waals surface area (Å²) in [4.78, 5) is 30.2. The maximum Gasteiger partial charge on any atom is 0.258 e. The van der Waals surface area contributed by atoms with Gasteiger partial charge in [-0.3, -0.25) is 9.59 Å². The fraction of sp³-hybridized carbons (Fsp3) is 0.207. The fourth-order valence-corrected chi connectivity index (χ4v) is 4.21. The van der Waals surface area contributed by atoms with Crippen molar-refractivity contribution in [3.63, 3.8) is 0 Å². The second-order valence-electron chi connectivity index (χ2n) is 8.64. The summed E-state index contributed by atoms with van der Waals surface area (Å²) in [6.07, 6.45) is 3.30. The summed E-state index contributed by atoms with van der Waals surface area (Å²) in [6.45, 7) is 5.68. The second-order valence-corrected chi connectivity index (χ2v) is 8.64. The Morgan fingerprint density at radius 2 is 1.87 bits per heavy atom. The first-order valence-electron chi connectivity index (χ1n) is 12.1. The Morgan fingerprint density at radius 1 is 1.13 bits per heavy atom. The van der Waals surface area contributed by atoms with Crippen LogP contribution < -0.4 is 25.7 Å². The van der Waals surface area contributed by atoms with Gasteiger partial charge in [0.25, 0.3) is 5.56 Å². The first kappa shape index (κ1) is 26.4. The van der Waals surface area contributed by atoms with Gasteiger partial charge in [0.15, 0.2) is 0 Å². The minimum Gasteiger partial charge on any atom is -0.497 e. The van der Waals surface area contributed by atoms with E-state index in [1.807, 2.05) is 19.1 Å². The number of aliphatic hydroxyl groups excluding tert-OH is 1. The topological polar surface area (TPSA) is 115 Å². The maximum atomic E-state index is 13.7. The zero-order valence-corrected chi connectivity index (χ0v) is 21.6. The van der Waals surface area contributed by atoms with Gasteiger partial charge in [-0.2, -0.15) is 0 Å². The fourth-order valence-electron chi connectivity index (χ4n) is 4.21. The number of hydrogen-bond donors (Lipinski definition) is 3. The number of pyridine rings is 2. The van der Waals surface area contributed by atoms with Crippen LogP contribution in [0.15, 0.2) is 72.2 Å². The molecule has 4 aromatic rings. The molecule has 0 fully saturated rings. The molecule has 0 aliphatic rings. The van der Waals surface area contributed by atoms with Crippen LogP contribution in [-0.4, -0.2) is 41.4 Å². The molecule has 2 heterocycles. The zero-order valence-electron chi connectivity index (χ0n) is 21.6. The number of nitrogens with zero attached hydrogens (tertiary/aromatic N) is 2. The largest absolute Gasteiger partial charge is 0.497 e. The number of methoxy groups -OCH3 is 2. The van der Waals surface area contributed by atoms with Gasteiger partial charge in [-0.05, 0) is 54.8 Å². The Balaban J connectivity index is 1.84. The molecule has 0 spiro atoms. The van der Waals surface area contributed by atoms with Crippen LogP contribution in [0.1, 0.15) is 12.0 Å². The molecular formula is C29H30N4O5.